The van der Waals surface area contributed by atoms with E-state index in [1.54, 1.807) is 4.52 Å². The van der Waals surface area contributed by atoms with Crippen LogP contribution < -0.4 is 0 Å². The standard InChI is InChI=1S/C8H8N3S/c1-5-4-8(12)11-7(9-5)3-6(2)10-11/h3-4H,1-2H3. The molecule has 0 saturated carbocycles. The lowest BCUT2D eigenvalue weighted by molar-refractivity contribution is 0.824. The minimum atomic E-state index is 0.714. The highest BCUT2D eigenvalue weighted by atomic mass is 32.1. The van der Waals surface area contributed by atoms with E-state index in [2.05, 4.69) is 10.1 Å². The number of fused-ring (bicyclic) bond motifs is 1. The zero-order valence-corrected chi connectivity index (χ0v) is 7.72. The summed E-state index contributed by atoms with van der Waals surface area (Å²) in [6, 6.07) is 3.76. The van der Waals surface area contributed by atoms with Crippen molar-refractivity contribution in [3.63, 3.8) is 0 Å². The van der Waals surface area contributed by atoms with Gasteiger partial charge in [0, 0.05) is 11.8 Å². The van der Waals surface area contributed by atoms with Crippen molar-refractivity contribution in [1.82, 2.24) is 14.6 Å². The third kappa shape index (κ3) is 1.04. The van der Waals surface area contributed by atoms with Gasteiger partial charge in [-0.25, -0.2) is 9.50 Å². The molecule has 1 radical (unpaired) electrons. The Bertz CT molecular complexity index is 433. The minimum Gasteiger partial charge on any atom is -0.234 e. The minimum absolute atomic E-state index is 0.714. The van der Waals surface area contributed by atoms with E-state index < -0.39 is 0 Å². The van der Waals surface area contributed by atoms with E-state index in [9.17, 15) is 0 Å². The van der Waals surface area contributed by atoms with E-state index in [0.29, 0.717) is 5.03 Å². The monoisotopic (exact) mass is 178 g/mol. The maximum atomic E-state index is 5.12. The fourth-order valence-corrected chi connectivity index (χ4v) is 1.49. The maximum Gasteiger partial charge on any atom is 0.157 e. The van der Waals surface area contributed by atoms with Gasteiger partial charge in [-0.2, -0.15) is 5.10 Å². The fraction of sp³-hybridized carbons (Fsp3) is 0.250. The van der Waals surface area contributed by atoms with E-state index in [-0.39, 0.29) is 0 Å². The van der Waals surface area contributed by atoms with Crippen LogP contribution in [0, 0.1) is 13.8 Å². The van der Waals surface area contributed by atoms with Crippen LogP contribution in [0.4, 0.5) is 0 Å². The number of hydrogen-bond acceptors (Lipinski definition) is 2. The normalized spacial score (nSPS) is 10.8. The molecule has 0 N–H and O–H groups in total. The molecule has 0 spiro atoms. The molecule has 0 atom stereocenters. The molecule has 2 rings (SSSR count). The summed E-state index contributed by atoms with van der Waals surface area (Å²) in [5.41, 5.74) is 2.71. The molecule has 4 heteroatoms. The number of hydrogen-bond donors (Lipinski definition) is 0. The Morgan fingerprint density at radius 2 is 2.00 bits per heavy atom. The van der Waals surface area contributed by atoms with Crippen LogP contribution in [0.3, 0.4) is 0 Å². The topological polar surface area (TPSA) is 30.2 Å². The SMILES string of the molecule is Cc1cc([S])n2nc(C)cc2n1. The summed E-state index contributed by atoms with van der Waals surface area (Å²) in [7, 11) is 0. The van der Waals surface area contributed by atoms with Gasteiger partial charge >= 0.3 is 0 Å². The molecule has 61 valence electrons. The quantitative estimate of drug-likeness (QED) is 0.577. The Morgan fingerprint density at radius 3 is 2.75 bits per heavy atom. The summed E-state index contributed by atoms with van der Waals surface area (Å²) in [6.45, 7) is 3.86. The first-order valence-corrected chi connectivity index (χ1v) is 4.09. The number of nitrogens with zero attached hydrogens (tertiary/aromatic N) is 3. The smallest absolute Gasteiger partial charge is 0.157 e. The average molecular weight is 178 g/mol. The first kappa shape index (κ1) is 7.49. The van der Waals surface area contributed by atoms with Crippen molar-refractivity contribution in [2.24, 2.45) is 0 Å². The molecule has 0 aliphatic carbocycles. The lowest BCUT2D eigenvalue weighted by atomic mass is 10.4. The van der Waals surface area contributed by atoms with Gasteiger partial charge in [-0.1, -0.05) is 12.6 Å². The van der Waals surface area contributed by atoms with Gasteiger partial charge in [-0.15, -0.1) is 0 Å². The van der Waals surface area contributed by atoms with Crippen LogP contribution in [-0.2, 0) is 0 Å². The summed E-state index contributed by atoms with van der Waals surface area (Å²) >= 11 is 5.12. The fourth-order valence-electron chi connectivity index (χ4n) is 1.18. The van der Waals surface area contributed by atoms with Gasteiger partial charge in [0.1, 0.15) is 5.03 Å². The lowest BCUT2D eigenvalue weighted by Crippen LogP contribution is -1.94. The molecule has 2 aromatic heterocycles. The second-order valence-corrected chi connectivity index (χ2v) is 3.21. The largest absolute Gasteiger partial charge is 0.234 e. The summed E-state index contributed by atoms with van der Waals surface area (Å²) < 4.78 is 1.68. The molecule has 0 fully saturated rings. The first-order chi connectivity index (χ1) is 5.66. The molecule has 0 bridgehead atoms. The molecular weight excluding hydrogens is 170 g/mol. The van der Waals surface area contributed by atoms with Crippen molar-refractivity contribution in [2.75, 3.05) is 0 Å². The van der Waals surface area contributed by atoms with Gasteiger partial charge in [-0.3, -0.25) is 0 Å². The van der Waals surface area contributed by atoms with Gasteiger partial charge in [-0.05, 0) is 19.9 Å². The molecule has 0 aliphatic rings. The second-order valence-electron chi connectivity index (χ2n) is 2.79. The van der Waals surface area contributed by atoms with Crippen LogP contribution in [0.5, 0.6) is 0 Å². The predicted molar refractivity (Wildman–Crippen MR) is 48.3 cm³/mol. The van der Waals surface area contributed by atoms with Crippen LogP contribution >= 0.6 is 12.6 Å². The van der Waals surface area contributed by atoms with Crippen LogP contribution in [-0.4, -0.2) is 14.6 Å². The van der Waals surface area contributed by atoms with E-state index in [1.807, 2.05) is 26.0 Å². The van der Waals surface area contributed by atoms with E-state index in [0.717, 1.165) is 17.0 Å². The van der Waals surface area contributed by atoms with Crippen molar-refractivity contribution in [3.05, 3.63) is 23.5 Å². The van der Waals surface area contributed by atoms with E-state index in [4.69, 9.17) is 12.6 Å². The molecule has 2 heterocycles. The molecule has 2 aromatic rings. The van der Waals surface area contributed by atoms with Crippen molar-refractivity contribution in [3.8, 4) is 0 Å². The zero-order valence-electron chi connectivity index (χ0n) is 6.90. The second kappa shape index (κ2) is 2.42. The van der Waals surface area contributed by atoms with Crippen molar-refractivity contribution >= 4 is 18.3 Å². The number of rotatable bonds is 0. The van der Waals surface area contributed by atoms with Gasteiger partial charge in [0.2, 0.25) is 0 Å². The molecule has 12 heavy (non-hydrogen) atoms. The average Bonchev–Trinajstić information content (AvgIpc) is 2.29. The van der Waals surface area contributed by atoms with Crippen LogP contribution in [0.2, 0.25) is 0 Å². The van der Waals surface area contributed by atoms with Gasteiger partial charge < -0.3 is 0 Å². The Morgan fingerprint density at radius 1 is 1.25 bits per heavy atom. The molecule has 0 aliphatic heterocycles. The molecule has 3 nitrogen and oxygen atoms in total. The third-order valence-corrected chi connectivity index (χ3v) is 1.94. The predicted octanol–water partition coefficient (Wildman–Crippen LogP) is 1.90. The Labute approximate surface area is 75.8 Å². The van der Waals surface area contributed by atoms with Crippen molar-refractivity contribution in [2.45, 2.75) is 18.9 Å². The third-order valence-electron chi connectivity index (χ3n) is 1.64. The summed E-state index contributed by atoms with van der Waals surface area (Å²) in [5.74, 6) is 0. The highest BCUT2D eigenvalue weighted by Crippen LogP contribution is 2.11. The summed E-state index contributed by atoms with van der Waals surface area (Å²) in [4.78, 5) is 4.29. The molecule has 0 aromatic carbocycles. The maximum absolute atomic E-state index is 5.12. The van der Waals surface area contributed by atoms with E-state index in [1.165, 1.54) is 0 Å². The molecule has 0 amide bonds. The molecule has 0 saturated heterocycles. The number of aromatic nitrogens is 3. The Hall–Kier alpha value is -1.16. The Kier molecular flexibility index (Phi) is 1.51. The van der Waals surface area contributed by atoms with Crippen LogP contribution in [0.25, 0.3) is 5.65 Å². The zero-order chi connectivity index (χ0) is 8.72. The van der Waals surface area contributed by atoms with E-state index >= 15 is 0 Å². The van der Waals surface area contributed by atoms with Crippen LogP contribution in [0.1, 0.15) is 11.4 Å². The van der Waals surface area contributed by atoms with Crippen LogP contribution in [0.15, 0.2) is 17.2 Å². The lowest BCUT2D eigenvalue weighted by Gasteiger charge is -1.96. The summed E-state index contributed by atoms with van der Waals surface area (Å²) in [5, 5.41) is 4.92. The summed E-state index contributed by atoms with van der Waals surface area (Å²) in [6.07, 6.45) is 0. The molecular formula is C8H8N3S. The van der Waals surface area contributed by atoms with Gasteiger partial charge in [0.15, 0.2) is 5.65 Å². The first-order valence-electron chi connectivity index (χ1n) is 3.68. The highest BCUT2D eigenvalue weighted by Gasteiger charge is 2.02. The Balaban J connectivity index is 2.88. The van der Waals surface area contributed by atoms with Crippen molar-refractivity contribution in [1.29, 1.82) is 0 Å². The van der Waals surface area contributed by atoms with Gasteiger partial charge in [0.05, 0.1) is 5.69 Å². The highest BCUT2D eigenvalue weighted by molar-refractivity contribution is 7.80. The molecule has 0 unspecified atom stereocenters. The van der Waals surface area contributed by atoms with Crippen molar-refractivity contribution < 1.29 is 0 Å². The van der Waals surface area contributed by atoms with Gasteiger partial charge in [0.25, 0.3) is 0 Å². The number of aryl methyl sites for hydroxylation is 2.